The molecule has 0 aromatic rings. The molecule has 0 spiro atoms. The quantitative estimate of drug-likeness (QED) is 0.524. The van der Waals surface area contributed by atoms with Crippen LogP contribution in [0.5, 0.6) is 0 Å². The van der Waals surface area contributed by atoms with E-state index in [1.165, 1.54) is 0 Å². The topological polar surface area (TPSA) is 9.23 Å². The van der Waals surface area contributed by atoms with Crippen LogP contribution in [0.3, 0.4) is 0 Å². The number of rotatable bonds is 1. The Morgan fingerprint density at radius 1 is 1.44 bits per heavy atom. The van der Waals surface area contributed by atoms with Crippen molar-refractivity contribution in [3.63, 3.8) is 0 Å². The Hall–Kier alpha value is -0.110. The van der Waals surface area contributed by atoms with E-state index in [1.54, 1.807) is 0 Å². The Labute approximate surface area is 55.2 Å². The van der Waals surface area contributed by atoms with Crippen LogP contribution in [0.1, 0.15) is 19.3 Å². The molecule has 2 radical (unpaired) electrons. The molecule has 0 unspecified atom stereocenters. The van der Waals surface area contributed by atoms with Gasteiger partial charge in [-0.2, -0.15) is 0 Å². The van der Waals surface area contributed by atoms with Crippen LogP contribution >= 0.6 is 0 Å². The molecule has 0 atom stereocenters. The Morgan fingerprint density at radius 2 is 2.00 bits per heavy atom. The van der Waals surface area contributed by atoms with Crippen LogP contribution in [-0.4, -0.2) is 18.9 Å². The number of alkyl halides is 1. The van der Waals surface area contributed by atoms with E-state index in [-0.39, 0.29) is 6.42 Å². The van der Waals surface area contributed by atoms with E-state index in [9.17, 15) is 4.39 Å². The predicted octanol–water partition coefficient (Wildman–Crippen LogP) is 1.61. The number of ether oxygens (including phenoxy) is 1. The maximum Gasteiger partial charge on any atom is 0.115 e. The van der Waals surface area contributed by atoms with Gasteiger partial charge in [0.2, 0.25) is 0 Å². The number of hydrogen-bond acceptors (Lipinski definition) is 1. The maximum absolute atomic E-state index is 13.1. The highest BCUT2D eigenvalue weighted by Gasteiger charge is 2.29. The van der Waals surface area contributed by atoms with Gasteiger partial charge in [-0.25, -0.2) is 4.39 Å². The molecule has 1 rings (SSSR count). The van der Waals surface area contributed by atoms with Crippen molar-refractivity contribution in [2.45, 2.75) is 24.9 Å². The summed E-state index contributed by atoms with van der Waals surface area (Å²) >= 11 is 0. The van der Waals surface area contributed by atoms with E-state index in [2.05, 4.69) is 0 Å². The second-order valence-corrected chi connectivity index (χ2v) is 2.47. The first-order valence-corrected chi connectivity index (χ1v) is 3.24. The highest BCUT2D eigenvalue weighted by molar-refractivity contribution is 4.82. The standard InChI is InChI=1S/C7H11FO/c1-2-7(8)3-5-9-6-4-7/h1H,2-6H2. The Balaban J connectivity index is 2.37. The first-order chi connectivity index (χ1) is 4.27. The summed E-state index contributed by atoms with van der Waals surface area (Å²) in [6, 6.07) is 0. The van der Waals surface area contributed by atoms with Crippen LogP contribution in [0.15, 0.2) is 0 Å². The minimum absolute atomic E-state index is 0.135. The zero-order chi connectivity index (χ0) is 6.74. The van der Waals surface area contributed by atoms with Crippen molar-refractivity contribution in [3.8, 4) is 0 Å². The molecule has 0 aromatic heterocycles. The predicted molar refractivity (Wildman–Crippen MR) is 32.8 cm³/mol. The number of hydrogen-bond donors (Lipinski definition) is 0. The van der Waals surface area contributed by atoms with Gasteiger partial charge in [0.25, 0.3) is 0 Å². The average Bonchev–Trinajstić information content (AvgIpc) is 1.90. The van der Waals surface area contributed by atoms with Crippen molar-refractivity contribution in [2.75, 3.05) is 13.2 Å². The van der Waals surface area contributed by atoms with E-state index >= 15 is 0 Å². The van der Waals surface area contributed by atoms with Gasteiger partial charge in [0.1, 0.15) is 5.67 Å². The third kappa shape index (κ3) is 1.65. The van der Waals surface area contributed by atoms with Crippen LogP contribution in [0.25, 0.3) is 0 Å². The SMILES string of the molecule is [CH]CC1(F)CCOCC1. The second kappa shape index (κ2) is 2.65. The molecule has 0 amide bonds. The minimum Gasteiger partial charge on any atom is -0.381 e. The first-order valence-electron chi connectivity index (χ1n) is 3.24. The normalized spacial score (nSPS) is 26.0. The molecule has 2 heteroatoms. The third-order valence-corrected chi connectivity index (χ3v) is 1.75. The highest BCUT2D eigenvalue weighted by atomic mass is 19.1. The van der Waals surface area contributed by atoms with E-state index in [1.807, 2.05) is 0 Å². The van der Waals surface area contributed by atoms with Crippen molar-refractivity contribution < 1.29 is 9.13 Å². The second-order valence-electron chi connectivity index (χ2n) is 2.47. The van der Waals surface area contributed by atoms with Crippen molar-refractivity contribution >= 4 is 0 Å². The smallest absolute Gasteiger partial charge is 0.115 e. The van der Waals surface area contributed by atoms with Crippen LogP contribution in [0.2, 0.25) is 0 Å². The molecule has 1 fully saturated rings. The molecule has 1 nitrogen and oxygen atoms in total. The molecule has 1 aliphatic rings. The minimum atomic E-state index is -1.13. The molecule has 52 valence electrons. The van der Waals surface area contributed by atoms with Gasteiger partial charge >= 0.3 is 0 Å². The molecule has 1 aliphatic heterocycles. The van der Waals surface area contributed by atoms with Crippen LogP contribution in [0, 0.1) is 6.92 Å². The van der Waals surface area contributed by atoms with Crippen LogP contribution < -0.4 is 0 Å². The molecular weight excluding hydrogens is 119 g/mol. The zero-order valence-electron chi connectivity index (χ0n) is 5.40. The van der Waals surface area contributed by atoms with Gasteiger partial charge in [0.15, 0.2) is 0 Å². The number of halogens is 1. The summed E-state index contributed by atoms with van der Waals surface area (Å²) in [4.78, 5) is 0. The summed E-state index contributed by atoms with van der Waals surface area (Å²) in [5.41, 5.74) is -1.13. The van der Waals surface area contributed by atoms with Crippen molar-refractivity contribution in [3.05, 3.63) is 6.92 Å². The van der Waals surface area contributed by atoms with E-state index in [0.717, 1.165) is 0 Å². The lowest BCUT2D eigenvalue weighted by molar-refractivity contribution is -0.00710. The molecule has 0 N–H and O–H groups in total. The molecule has 0 aliphatic carbocycles. The fourth-order valence-electron chi connectivity index (χ4n) is 0.941. The summed E-state index contributed by atoms with van der Waals surface area (Å²) < 4.78 is 18.1. The summed E-state index contributed by atoms with van der Waals surface area (Å²) in [6.07, 6.45) is 1.06. The van der Waals surface area contributed by atoms with Crippen molar-refractivity contribution in [2.24, 2.45) is 0 Å². The molecule has 0 bridgehead atoms. The van der Waals surface area contributed by atoms with Gasteiger partial charge in [0.05, 0.1) is 0 Å². The van der Waals surface area contributed by atoms with Gasteiger partial charge < -0.3 is 4.74 Å². The molecule has 1 heterocycles. The van der Waals surface area contributed by atoms with E-state index < -0.39 is 5.67 Å². The summed E-state index contributed by atoms with van der Waals surface area (Å²) in [5, 5.41) is 0. The molecule has 0 saturated carbocycles. The van der Waals surface area contributed by atoms with Gasteiger partial charge in [-0.1, -0.05) is 0 Å². The van der Waals surface area contributed by atoms with E-state index in [4.69, 9.17) is 11.7 Å². The highest BCUT2D eigenvalue weighted by Crippen LogP contribution is 2.27. The summed E-state index contributed by atoms with van der Waals surface area (Å²) in [5.74, 6) is 0. The average molecular weight is 130 g/mol. The fourth-order valence-corrected chi connectivity index (χ4v) is 0.941. The monoisotopic (exact) mass is 130 g/mol. The van der Waals surface area contributed by atoms with Gasteiger partial charge in [-0.05, 0) is 13.3 Å². The van der Waals surface area contributed by atoms with Crippen LogP contribution in [-0.2, 0) is 4.74 Å². The van der Waals surface area contributed by atoms with E-state index in [0.29, 0.717) is 26.1 Å². The summed E-state index contributed by atoms with van der Waals surface area (Å²) in [6.45, 7) is 6.25. The van der Waals surface area contributed by atoms with Gasteiger partial charge in [0, 0.05) is 26.1 Å². The lowest BCUT2D eigenvalue weighted by Gasteiger charge is -2.27. The fraction of sp³-hybridized carbons (Fsp3) is 0.857. The van der Waals surface area contributed by atoms with Gasteiger partial charge in [-0.3, -0.25) is 0 Å². The maximum atomic E-state index is 13.1. The van der Waals surface area contributed by atoms with Crippen molar-refractivity contribution in [1.82, 2.24) is 0 Å². The first kappa shape index (κ1) is 7.00. The van der Waals surface area contributed by atoms with Crippen LogP contribution in [0.4, 0.5) is 4.39 Å². The summed E-state index contributed by atoms with van der Waals surface area (Å²) in [7, 11) is 0. The lowest BCUT2D eigenvalue weighted by atomic mass is 9.94. The van der Waals surface area contributed by atoms with Gasteiger partial charge in [-0.15, -0.1) is 0 Å². The molecule has 1 saturated heterocycles. The Bertz CT molecular complexity index is 86.9. The molecular formula is C7H11FO. The lowest BCUT2D eigenvalue weighted by Crippen LogP contribution is -2.30. The third-order valence-electron chi connectivity index (χ3n) is 1.75. The Kier molecular flexibility index (Phi) is 2.06. The van der Waals surface area contributed by atoms with Crippen molar-refractivity contribution in [1.29, 1.82) is 0 Å². The largest absolute Gasteiger partial charge is 0.381 e. The molecule has 9 heavy (non-hydrogen) atoms. The molecule has 0 aromatic carbocycles. The Morgan fingerprint density at radius 3 is 2.33 bits per heavy atom. The zero-order valence-corrected chi connectivity index (χ0v) is 5.40.